The van der Waals surface area contributed by atoms with E-state index >= 15 is 0 Å². The summed E-state index contributed by atoms with van der Waals surface area (Å²) in [6.07, 6.45) is 4.06. The van der Waals surface area contributed by atoms with Crippen LogP contribution in [0.15, 0.2) is 84.9 Å². The summed E-state index contributed by atoms with van der Waals surface area (Å²) in [5.41, 5.74) is 3.29. The van der Waals surface area contributed by atoms with Crippen LogP contribution in [0.4, 0.5) is 0 Å². The van der Waals surface area contributed by atoms with E-state index in [0.29, 0.717) is 50.3 Å². The number of hydrogen-bond donors (Lipinski definition) is 2. The summed E-state index contributed by atoms with van der Waals surface area (Å²) in [5, 5.41) is 6.97. The number of nitrogens with zero attached hydrogens (tertiary/aromatic N) is 3. The molecule has 4 rings (SSSR count). The molecule has 0 unspecified atom stereocenters. The van der Waals surface area contributed by atoms with E-state index < -0.39 is 12.1 Å². The van der Waals surface area contributed by atoms with Gasteiger partial charge in [0, 0.05) is 30.7 Å². The van der Waals surface area contributed by atoms with Crippen LogP contribution in [0.3, 0.4) is 0 Å². The second-order valence-electron chi connectivity index (χ2n) is 12.7. The number of likely N-dealkylation sites (tertiary alicyclic amines) is 1. The number of hydrogen-bond acceptors (Lipinski definition) is 5. The van der Waals surface area contributed by atoms with E-state index in [1.54, 1.807) is 0 Å². The van der Waals surface area contributed by atoms with Gasteiger partial charge in [0.05, 0.1) is 12.1 Å². The summed E-state index contributed by atoms with van der Waals surface area (Å²) in [6.45, 7) is 3.41. The summed E-state index contributed by atoms with van der Waals surface area (Å²) < 4.78 is 0. The topological polar surface area (TPSA) is 85.0 Å². The Hall–Kier alpha value is -3.72. The van der Waals surface area contributed by atoms with Crippen LogP contribution in [0.2, 0.25) is 5.02 Å². The van der Waals surface area contributed by atoms with Crippen molar-refractivity contribution < 1.29 is 14.4 Å². The van der Waals surface area contributed by atoms with Crippen LogP contribution >= 0.6 is 11.6 Å². The molecule has 1 saturated heterocycles. The molecule has 0 bridgehead atoms. The van der Waals surface area contributed by atoms with Gasteiger partial charge in [-0.2, -0.15) is 0 Å². The summed E-state index contributed by atoms with van der Waals surface area (Å²) >= 11 is 6.11. The van der Waals surface area contributed by atoms with Crippen LogP contribution in [-0.2, 0) is 33.6 Å². The SMILES string of the molecule is CN[C@H](Cc1ccc(Cl)cc1)C(=O)N(CCc1ccccc1)C[C@@H]1CCCN1C(=O)[C@H](CCc1ccccc1)NC(=O)[C@H](C)N(C)C. The molecule has 9 heteroatoms. The Bertz CT molecular complexity index is 1420. The van der Waals surface area contributed by atoms with Crippen molar-refractivity contribution in [3.05, 3.63) is 107 Å². The molecule has 0 radical (unpaired) electrons. The first-order valence-corrected chi connectivity index (χ1v) is 17.1. The fraction of sp³-hybridized carbons (Fsp3) is 0.447. The summed E-state index contributed by atoms with van der Waals surface area (Å²) in [7, 11) is 5.52. The highest BCUT2D eigenvalue weighted by molar-refractivity contribution is 6.30. The minimum atomic E-state index is -0.658. The van der Waals surface area contributed by atoms with Crippen molar-refractivity contribution in [2.24, 2.45) is 0 Å². The molecule has 252 valence electrons. The maximum atomic E-state index is 14.3. The minimum absolute atomic E-state index is 0.00594. The standard InChI is InChI=1S/C38H50ClN5O3/c1-28(42(3)4)36(45)41-34(22-19-29-12-7-5-8-13-29)38(47)44-24-11-16-33(44)27-43(25-23-30-14-9-6-10-15-30)37(46)35(40-2)26-31-17-20-32(39)21-18-31/h5-10,12-15,17-18,20-21,28,33-35,40H,11,16,19,22-27H2,1-4H3,(H,41,45)/t28-,33-,34-,35+/m0/s1. The third-order valence-electron chi connectivity index (χ3n) is 9.25. The highest BCUT2D eigenvalue weighted by Gasteiger charge is 2.37. The Kier molecular flexibility index (Phi) is 13.8. The zero-order chi connectivity index (χ0) is 33.8. The second kappa shape index (κ2) is 18.0. The first-order chi connectivity index (χ1) is 22.7. The monoisotopic (exact) mass is 659 g/mol. The molecule has 3 amide bonds. The molecule has 0 aromatic heterocycles. The maximum absolute atomic E-state index is 14.3. The highest BCUT2D eigenvalue weighted by atomic mass is 35.5. The van der Waals surface area contributed by atoms with E-state index in [9.17, 15) is 14.4 Å². The Morgan fingerprint density at radius 1 is 0.872 bits per heavy atom. The maximum Gasteiger partial charge on any atom is 0.245 e. The molecule has 1 aliphatic heterocycles. The Balaban J connectivity index is 1.53. The number of rotatable bonds is 16. The van der Waals surface area contributed by atoms with E-state index in [0.717, 1.165) is 29.5 Å². The lowest BCUT2D eigenvalue weighted by Crippen LogP contribution is -2.56. The van der Waals surface area contributed by atoms with Crippen molar-refractivity contribution >= 4 is 29.3 Å². The van der Waals surface area contributed by atoms with E-state index in [4.69, 9.17) is 11.6 Å². The number of halogens is 1. The van der Waals surface area contributed by atoms with E-state index in [2.05, 4.69) is 22.8 Å². The average molecular weight is 660 g/mol. The molecule has 1 aliphatic rings. The zero-order valence-electron chi connectivity index (χ0n) is 28.2. The summed E-state index contributed by atoms with van der Waals surface area (Å²) in [4.78, 5) is 47.3. The van der Waals surface area contributed by atoms with Gasteiger partial charge < -0.3 is 20.4 Å². The number of benzene rings is 3. The molecular weight excluding hydrogens is 610 g/mol. The van der Waals surface area contributed by atoms with Crippen molar-refractivity contribution in [2.45, 2.75) is 69.6 Å². The third kappa shape index (κ3) is 10.6. The van der Waals surface area contributed by atoms with Crippen molar-refractivity contribution in [1.82, 2.24) is 25.3 Å². The molecule has 3 aromatic rings. The predicted octanol–water partition coefficient (Wildman–Crippen LogP) is 4.60. The van der Waals surface area contributed by atoms with Gasteiger partial charge in [-0.1, -0.05) is 84.4 Å². The molecule has 1 fully saturated rings. The van der Waals surface area contributed by atoms with Crippen LogP contribution < -0.4 is 10.6 Å². The Labute approximate surface area is 285 Å². The van der Waals surface area contributed by atoms with E-state index in [1.165, 1.54) is 0 Å². The molecule has 1 heterocycles. The quantitative estimate of drug-likeness (QED) is 0.235. The largest absolute Gasteiger partial charge is 0.343 e. The smallest absolute Gasteiger partial charge is 0.245 e. The van der Waals surface area contributed by atoms with Gasteiger partial charge >= 0.3 is 0 Å². The highest BCUT2D eigenvalue weighted by Crippen LogP contribution is 2.22. The van der Waals surface area contributed by atoms with E-state index in [-0.39, 0.29) is 29.8 Å². The third-order valence-corrected chi connectivity index (χ3v) is 9.50. The van der Waals surface area contributed by atoms with Gasteiger partial charge in [-0.3, -0.25) is 19.3 Å². The van der Waals surface area contributed by atoms with Crippen LogP contribution in [0.25, 0.3) is 0 Å². The molecule has 0 aliphatic carbocycles. The van der Waals surface area contributed by atoms with Gasteiger partial charge in [-0.05, 0) is 95.4 Å². The molecule has 0 saturated carbocycles. The number of amides is 3. The average Bonchev–Trinajstić information content (AvgIpc) is 3.56. The van der Waals surface area contributed by atoms with Crippen LogP contribution in [0.1, 0.15) is 42.9 Å². The number of aryl methyl sites for hydroxylation is 1. The first-order valence-electron chi connectivity index (χ1n) is 16.7. The molecule has 0 spiro atoms. The fourth-order valence-electron chi connectivity index (χ4n) is 6.10. The van der Waals surface area contributed by atoms with Crippen molar-refractivity contribution in [1.29, 1.82) is 0 Å². The predicted molar refractivity (Wildman–Crippen MR) is 189 cm³/mol. The van der Waals surface area contributed by atoms with Gasteiger partial charge in [0.25, 0.3) is 0 Å². The number of nitrogens with one attached hydrogen (secondary N) is 2. The van der Waals surface area contributed by atoms with Crippen molar-refractivity contribution in [3.8, 4) is 0 Å². The van der Waals surface area contributed by atoms with Crippen molar-refractivity contribution in [2.75, 3.05) is 40.8 Å². The van der Waals surface area contributed by atoms with Gasteiger partial charge in [0.2, 0.25) is 17.7 Å². The number of likely N-dealkylation sites (N-methyl/N-ethyl adjacent to an activating group) is 2. The first kappa shape index (κ1) is 36.1. The van der Waals surface area contributed by atoms with Crippen LogP contribution in [0.5, 0.6) is 0 Å². The number of carbonyl (C=O) groups excluding carboxylic acids is 3. The van der Waals surface area contributed by atoms with Crippen LogP contribution in [0, 0.1) is 0 Å². The summed E-state index contributed by atoms with van der Waals surface area (Å²) in [6, 6.07) is 26.2. The van der Waals surface area contributed by atoms with Gasteiger partial charge in [-0.15, -0.1) is 0 Å². The fourth-order valence-corrected chi connectivity index (χ4v) is 6.23. The lowest BCUT2D eigenvalue weighted by atomic mass is 10.0. The molecule has 8 nitrogen and oxygen atoms in total. The van der Waals surface area contributed by atoms with Crippen LogP contribution in [-0.4, -0.2) is 97.4 Å². The zero-order valence-corrected chi connectivity index (χ0v) is 29.0. The lowest BCUT2D eigenvalue weighted by molar-refractivity contribution is -0.140. The molecule has 2 N–H and O–H groups in total. The minimum Gasteiger partial charge on any atom is -0.343 e. The molecule has 3 aromatic carbocycles. The second-order valence-corrected chi connectivity index (χ2v) is 13.2. The van der Waals surface area contributed by atoms with Gasteiger partial charge in [0.1, 0.15) is 6.04 Å². The Morgan fingerprint density at radius 3 is 2.09 bits per heavy atom. The summed E-state index contributed by atoms with van der Waals surface area (Å²) in [5.74, 6) is -0.244. The Morgan fingerprint density at radius 2 is 1.49 bits per heavy atom. The van der Waals surface area contributed by atoms with Gasteiger partial charge in [-0.25, -0.2) is 0 Å². The molecule has 4 atom stereocenters. The van der Waals surface area contributed by atoms with E-state index in [1.807, 2.05) is 116 Å². The molecule has 47 heavy (non-hydrogen) atoms. The molecular formula is C38H50ClN5O3. The number of carbonyl (C=O) groups is 3. The normalized spacial score (nSPS) is 16.5. The lowest BCUT2D eigenvalue weighted by Gasteiger charge is -2.35. The van der Waals surface area contributed by atoms with Crippen molar-refractivity contribution in [3.63, 3.8) is 0 Å². The van der Waals surface area contributed by atoms with Gasteiger partial charge in [0.15, 0.2) is 0 Å².